The van der Waals surface area contributed by atoms with Crippen LogP contribution in [0.2, 0.25) is 0 Å². The Kier molecular flexibility index (Phi) is 5.12. The summed E-state index contributed by atoms with van der Waals surface area (Å²) in [5, 5.41) is 6.82. The van der Waals surface area contributed by atoms with Crippen molar-refractivity contribution in [1.29, 1.82) is 0 Å². The summed E-state index contributed by atoms with van der Waals surface area (Å²) < 4.78 is 10.7. The average Bonchev–Trinajstić information content (AvgIpc) is 2.96. The van der Waals surface area contributed by atoms with E-state index in [2.05, 4.69) is 22.6 Å². The Morgan fingerprint density at radius 3 is 3.11 bits per heavy atom. The number of nitrogens with zero attached hydrogens (tertiary/aromatic N) is 1. The highest BCUT2D eigenvalue weighted by Gasteiger charge is 2.35. The second kappa shape index (κ2) is 6.61. The molecule has 1 fully saturated rings. The lowest BCUT2D eigenvalue weighted by atomic mass is 9.84. The predicted octanol–water partition coefficient (Wildman–Crippen LogP) is 1.64. The third-order valence-electron chi connectivity index (χ3n) is 3.36. The fraction of sp³-hybridized carbons (Fsp3) is 0.769. The first-order valence-corrected chi connectivity index (χ1v) is 7.30. The number of hydrogen-bond acceptors (Lipinski definition) is 5. The van der Waals surface area contributed by atoms with Crippen LogP contribution in [0.15, 0.2) is 5.38 Å². The summed E-state index contributed by atoms with van der Waals surface area (Å²) in [6.07, 6.45) is 2.14. The minimum atomic E-state index is 0.220. The Bertz CT molecular complexity index is 362. The van der Waals surface area contributed by atoms with E-state index in [4.69, 9.17) is 9.47 Å². The SMILES string of the molecule is COCCNCC1(Cc2nc(C)cs2)CCOC1. The van der Waals surface area contributed by atoms with Gasteiger partial charge in [0.2, 0.25) is 0 Å². The van der Waals surface area contributed by atoms with Crippen molar-refractivity contribution in [3.63, 3.8) is 0 Å². The van der Waals surface area contributed by atoms with Crippen molar-refractivity contribution in [3.8, 4) is 0 Å². The normalized spacial score (nSPS) is 23.7. The Morgan fingerprint density at radius 2 is 2.50 bits per heavy atom. The minimum Gasteiger partial charge on any atom is -0.383 e. The van der Waals surface area contributed by atoms with E-state index in [9.17, 15) is 0 Å². The van der Waals surface area contributed by atoms with Crippen molar-refractivity contribution in [2.45, 2.75) is 19.8 Å². The molecule has 4 nitrogen and oxygen atoms in total. The Hall–Kier alpha value is -0.490. The van der Waals surface area contributed by atoms with E-state index in [1.54, 1.807) is 18.4 Å². The van der Waals surface area contributed by atoms with Crippen LogP contribution < -0.4 is 5.32 Å². The van der Waals surface area contributed by atoms with Gasteiger partial charge in [-0.15, -0.1) is 11.3 Å². The van der Waals surface area contributed by atoms with E-state index in [1.165, 1.54) is 5.01 Å². The summed E-state index contributed by atoms with van der Waals surface area (Å²) in [7, 11) is 1.73. The highest BCUT2D eigenvalue weighted by atomic mass is 32.1. The molecule has 0 radical (unpaired) electrons. The minimum absolute atomic E-state index is 0.220. The number of thiazole rings is 1. The zero-order valence-corrected chi connectivity index (χ0v) is 12.0. The Labute approximate surface area is 113 Å². The van der Waals surface area contributed by atoms with Gasteiger partial charge >= 0.3 is 0 Å². The van der Waals surface area contributed by atoms with E-state index in [1.807, 2.05) is 0 Å². The highest BCUT2D eigenvalue weighted by molar-refractivity contribution is 7.09. The second-order valence-corrected chi connectivity index (χ2v) is 5.97. The molecular weight excluding hydrogens is 248 g/mol. The maximum atomic E-state index is 5.60. The largest absolute Gasteiger partial charge is 0.383 e. The summed E-state index contributed by atoms with van der Waals surface area (Å²) in [6, 6.07) is 0. The standard InChI is InChI=1S/C13H22N2O2S/c1-11-8-18-12(15-11)7-13(3-5-17-10-13)9-14-4-6-16-2/h8,14H,3-7,9-10H2,1-2H3. The van der Waals surface area contributed by atoms with Crippen LogP contribution in [0.1, 0.15) is 17.1 Å². The van der Waals surface area contributed by atoms with Gasteiger partial charge in [0.05, 0.1) is 18.2 Å². The number of aromatic nitrogens is 1. The van der Waals surface area contributed by atoms with Gasteiger partial charge in [-0.1, -0.05) is 0 Å². The molecule has 0 amide bonds. The van der Waals surface area contributed by atoms with Crippen LogP contribution in [-0.2, 0) is 15.9 Å². The molecule has 2 heterocycles. The maximum Gasteiger partial charge on any atom is 0.0935 e. The quantitative estimate of drug-likeness (QED) is 0.765. The van der Waals surface area contributed by atoms with Crippen molar-refractivity contribution in [2.24, 2.45) is 5.41 Å². The molecular formula is C13H22N2O2S. The lowest BCUT2D eigenvalue weighted by Crippen LogP contribution is -2.38. The lowest BCUT2D eigenvalue weighted by Gasteiger charge is -2.26. The molecule has 1 aliphatic heterocycles. The van der Waals surface area contributed by atoms with Gasteiger partial charge in [-0.2, -0.15) is 0 Å². The van der Waals surface area contributed by atoms with E-state index in [-0.39, 0.29) is 5.41 Å². The lowest BCUT2D eigenvalue weighted by molar-refractivity contribution is 0.145. The van der Waals surface area contributed by atoms with Gasteiger partial charge in [0, 0.05) is 49.7 Å². The molecule has 5 heteroatoms. The molecule has 18 heavy (non-hydrogen) atoms. The van der Waals surface area contributed by atoms with Gasteiger partial charge in [0.1, 0.15) is 0 Å². The highest BCUT2D eigenvalue weighted by Crippen LogP contribution is 2.32. The van der Waals surface area contributed by atoms with Gasteiger partial charge in [0.25, 0.3) is 0 Å². The molecule has 0 saturated carbocycles. The summed E-state index contributed by atoms with van der Waals surface area (Å²) in [5.41, 5.74) is 1.34. The molecule has 1 saturated heterocycles. The van der Waals surface area contributed by atoms with Gasteiger partial charge in [0.15, 0.2) is 0 Å². The monoisotopic (exact) mass is 270 g/mol. The number of aryl methyl sites for hydroxylation is 1. The van der Waals surface area contributed by atoms with Crippen LogP contribution in [0.4, 0.5) is 0 Å². The zero-order chi connectivity index (χ0) is 12.8. The first-order valence-electron chi connectivity index (χ1n) is 6.42. The van der Waals surface area contributed by atoms with Crippen molar-refractivity contribution < 1.29 is 9.47 Å². The van der Waals surface area contributed by atoms with E-state index in [0.29, 0.717) is 0 Å². The van der Waals surface area contributed by atoms with Crippen LogP contribution in [0.3, 0.4) is 0 Å². The van der Waals surface area contributed by atoms with Crippen LogP contribution >= 0.6 is 11.3 Å². The second-order valence-electron chi connectivity index (χ2n) is 5.03. The summed E-state index contributed by atoms with van der Waals surface area (Å²) >= 11 is 1.76. The topological polar surface area (TPSA) is 43.4 Å². The number of rotatable bonds is 7. The van der Waals surface area contributed by atoms with E-state index >= 15 is 0 Å². The number of methoxy groups -OCH3 is 1. The molecule has 0 aromatic carbocycles. The van der Waals surface area contributed by atoms with Crippen LogP contribution in [0.5, 0.6) is 0 Å². The van der Waals surface area contributed by atoms with Crippen LogP contribution in [-0.4, -0.2) is 45.0 Å². The summed E-state index contributed by atoms with van der Waals surface area (Å²) in [5.74, 6) is 0. The van der Waals surface area contributed by atoms with Gasteiger partial charge in [-0.25, -0.2) is 4.98 Å². The molecule has 1 aliphatic rings. The zero-order valence-electron chi connectivity index (χ0n) is 11.2. The number of hydrogen-bond donors (Lipinski definition) is 1. The van der Waals surface area contributed by atoms with Gasteiger partial charge < -0.3 is 14.8 Å². The molecule has 1 aromatic heterocycles. The fourth-order valence-corrected chi connectivity index (χ4v) is 3.27. The smallest absolute Gasteiger partial charge is 0.0935 e. The van der Waals surface area contributed by atoms with Gasteiger partial charge in [-0.05, 0) is 13.3 Å². The molecule has 1 atom stereocenters. The molecule has 102 valence electrons. The molecule has 0 bridgehead atoms. The summed E-state index contributed by atoms with van der Waals surface area (Å²) in [6.45, 7) is 6.40. The fourth-order valence-electron chi connectivity index (χ4n) is 2.32. The molecule has 0 aliphatic carbocycles. The third-order valence-corrected chi connectivity index (χ3v) is 4.33. The number of ether oxygens (including phenoxy) is 2. The van der Waals surface area contributed by atoms with Crippen molar-refractivity contribution in [3.05, 3.63) is 16.1 Å². The number of nitrogens with one attached hydrogen (secondary N) is 1. The molecule has 1 N–H and O–H groups in total. The first-order chi connectivity index (χ1) is 8.74. The van der Waals surface area contributed by atoms with Crippen molar-refractivity contribution in [2.75, 3.05) is 40.0 Å². The average molecular weight is 270 g/mol. The van der Waals surface area contributed by atoms with Gasteiger partial charge in [-0.3, -0.25) is 0 Å². The summed E-state index contributed by atoms with van der Waals surface area (Å²) in [4.78, 5) is 4.57. The third kappa shape index (κ3) is 3.75. The molecule has 2 rings (SSSR count). The van der Waals surface area contributed by atoms with Crippen LogP contribution in [0, 0.1) is 12.3 Å². The molecule has 1 aromatic rings. The Morgan fingerprint density at radius 1 is 1.61 bits per heavy atom. The first kappa shape index (κ1) is 13.9. The van der Waals surface area contributed by atoms with Crippen molar-refractivity contribution >= 4 is 11.3 Å². The van der Waals surface area contributed by atoms with E-state index < -0.39 is 0 Å². The molecule has 1 unspecified atom stereocenters. The molecule has 0 spiro atoms. The maximum absolute atomic E-state index is 5.60. The van der Waals surface area contributed by atoms with Crippen LogP contribution in [0.25, 0.3) is 0 Å². The predicted molar refractivity (Wildman–Crippen MR) is 73.2 cm³/mol. The van der Waals surface area contributed by atoms with Crippen molar-refractivity contribution in [1.82, 2.24) is 10.3 Å². The van der Waals surface area contributed by atoms with E-state index in [0.717, 1.165) is 51.4 Å². The Balaban J connectivity index is 1.89.